The van der Waals surface area contributed by atoms with Crippen LogP contribution >= 0.6 is 0 Å². The van der Waals surface area contributed by atoms with Gasteiger partial charge in [0.2, 0.25) is 0 Å². The van der Waals surface area contributed by atoms with Gasteiger partial charge in [0.1, 0.15) is 5.75 Å². The zero-order chi connectivity index (χ0) is 24.6. The number of rotatable bonds is 16. The number of ether oxygens (including phenoxy) is 2. The topological polar surface area (TPSA) is 52.6 Å². The fourth-order valence-electron chi connectivity index (χ4n) is 4.07. The summed E-state index contributed by atoms with van der Waals surface area (Å²) in [5, 5.41) is 0. The second-order valence-electron chi connectivity index (χ2n) is 9.16. The summed E-state index contributed by atoms with van der Waals surface area (Å²) < 4.78 is 10.9. The largest absolute Gasteiger partial charge is 0.513 e. The highest BCUT2D eigenvalue weighted by Crippen LogP contribution is 2.32. The molecule has 2 rings (SSSR count). The monoisotopic (exact) mass is 466 g/mol. The molecule has 0 radical (unpaired) electrons. The SMILES string of the molecule is CCCCCCCCOC(=O)Oc1cc(C(=O)C(C)CCCCCC)ccc1-c1ccccc1. The molecular formula is C30H42O4. The lowest BCUT2D eigenvalue weighted by Gasteiger charge is -2.14. The molecule has 4 nitrogen and oxygen atoms in total. The lowest BCUT2D eigenvalue weighted by molar-refractivity contribution is 0.0914. The summed E-state index contributed by atoms with van der Waals surface area (Å²) in [6, 6.07) is 15.1. The fraction of sp³-hybridized carbons (Fsp3) is 0.533. The first kappa shape index (κ1) is 27.6. The van der Waals surface area contributed by atoms with Gasteiger partial charge in [0.15, 0.2) is 5.78 Å². The van der Waals surface area contributed by atoms with Crippen molar-refractivity contribution in [3.63, 3.8) is 0 Å². The summed E-state index contributed by atoms with van der Waals surface area (Å²) >= 11 is 0. The predicted octanol–water partition coefficient (Wildman–Crippen LogP) is 9.02. The van der Waals surface area contributed by atoms with Gasteiger partial charge in [-0.3, -0.25) is 4.79 Å². The van der Waals surface area contributed by atoms with E-state index in [2.05, 4.69) is 13.8 Å². The summed E-state index contributed by atoms with van der Waals surface area (Å²) in [5.41, 5.74) is 2.26. The van der Waals surface area contributed by atoms with Gasteiger partial charge < -0.3 is 9.47 Å². The summed E-state index contributed by atoms with van der Waals surface area (Å²) in [7, 11) is 0. The third-order valence-corrected chi connectivity index (χ3v) is 6.20. The molecule has 2 aromatic rings. The Kier molecular flexibility index (Phi) is 13.1. The van der Waals surface area contributed by atoms with Crippen LogP contribution < -0.4 is 4.74 Å². The van der Waals surface area contributed by atoms with Crippen LogP contribution in [0.2, 0.25) is 0 Å². The maximum absolute atomic E-state index is 13.0. The number of carbonyl (C=O) groups is 2. The predicted molar refractivity (Wildman–Crippen MR) is 139 cm³/mol. The van der Waals surface area contributed by atoms with Crippen LogP contribution in [0.5, 0.6) is 5.75 Å². The zero-order valence-electron chi connectivity index (χ0n) is 21.3. The molecular weight excluding hydrogens is 424 g/mol. The van der Waals surface area contributed by atoms with E-state index in [0.717, 1.165) is 49.7 Å². The Morgan fingerprint density at radius 1 is 0.794 bits per heavy atom. The average Bonchev–Trinajstić information content (AvgIpc) is 2.86. The molecule has 0 aliphatic heterocycles. The minimum absolute atomic E-state index is 0.0630. The molecule has 0 fully saturated rings. The van der Waals surface area contributed by atoms with E-state index in [-0.39, 0.29) is 11.7 Å². The summed E-state index contributed by atoms with van der Waals surface area (Å²) in [6.07, 6.45) is 11.5. The van der Waals surface area contributed by atoms with Gasteiger partial charge in [0.25, 0.3) is 0 Å². The molecule has 186 valence electrons. The first-order valence-corrected chi connectivity index (χ1v) is 13.1. The standard InChI is InChI=1S/C30H42O4/c1-4-6-8-10-11-16-22-33-30(32)34-28-23-26(29(31)24(3)17-13-9-7-5-2)20-21-27(28)25-18-14-12-15-19-25/h12,14-15,18-21,23-24H,4-11,13,16-17,22H2,1-3H3. The van der Waals surface area contributed by atoms with Crippen molar-refractivity contribution in [2.75, 3.05) is 6.61 Å². The van der Waals surface area contributed by atoms with Crippen molar-refractivity contribution in [2.45, 2.75) is 91.4 Å². The minimum Gasteiger partial charge on any atom is -0.434 e. The smallest absolute Gasteiger partial charge is 0.434 e. The van der Waals surface area contributed by atoms with Gasteiger partial charge in [-0.2, -0.15) is 0 Å². The molecule has 34 heavy (non-hydrogen) atoms. The Morgan fingerprint density at radius 3 is 2.15 bits per heavy atom. The first-order valence-electron chi connectivity index (χ1n) is 13.1. The van der Waals surface area contributed by atoms with Crippen LogP contribution in [-0.4, -0.2) is 18.5 Å². The van der Waals surface area contributed by atoms with Crippen LogP contribution in [0.4, 0.5) is 4.79 Å². The van der Waals surface area contributed by atoms with Gasteiger partial charge in [-0.25, -0.2) is 4.79 Å². The molecule has 0 saturated heterocycles. The Bertz CT molecular complexity index is 859. The second-order valence-corrected chi connectivity index (χ2v) is 9.16. The highest BCUT2D eigenvalue weighted by molar-refractivity contribution is 5.99. The third kappa shape index (κ3) is 9.70. The Labute approximate surface area is 206 Å². The van der Waals surface area contributed by atoms with Crippen molar-refractivity contribution in [1.82, 2.24) is 0 Å². The second kappa shape index (κ2) is 16.1. The van der Waals surface area contributed by atoms with Crippen molar-refractivity contribution in [3.05, 3.63) is 54.1 Å². The van der Waals surface area contributed by atoms with E-state index in [9.17, 15) is 9.59 Å². The summed E-state index contributed by atoms with van der Waals surface area (Å²) in [6.45, 7) is 6.70. The number of unbranched alkanes of at least 4 members (excludes halogenated alkanes) is 8. The maximum Gasteiger partial charge on any atom is 0.513 e. The van der Waals surface area contributed by atoms with Crippen molar-refractivity contribution >= 4 is 11.9 Å². The molecule has 0 bridgehead atoms. The third-order valence-electron chi connectivity index (χ3n) is 6.20. The highest BCUT2D eigenvalue weighted by atomic mass is 16.7. The number of hydrogen-bond acceptors (Lipinski definition) is 4. The summed E-state index contributed by atoms with van der Waals surface area (Å²) in [4.78, 5) is 25.5. The molecule has 0 heterocycles. The molecule has 0 aromatic heterocycles. The fourth-order valence-corrected chi connectivity index (χ4v) is 4.07. The van der Waals surface area contributed by atoms with Gasteiger partial charge in [-0.05, 0) is 30.5 Å². The van der Waals surface area contributed by atoms with Crippen molar-refractivity contribution in [3.8, 4) is 16.9 Å². The molecule has 1 atom stereocenters. The molecule has 2 aromatic carbocycles. The van der Waals surface area contributed by atoms with Crippen LogP contribution in [0, 0.1) is 5.92 Å². The normalized spacial score (nSPS) is 11.7. The molecule has 0 spiro atoms. The van der Waals surface area contributed by atoms with Gasteiger partial charge in [0, 0.05) is 17.0 Å². The van der Waals surface area contributed by atoms with E-state index in [0.29, 0.717) is 17.9 Å². The lowest BCUT2D eigenvalue weighted by Crippen LogP contribution is -2.14. The van der Waals surface area contributed by atoms with Crippen molar-refractivity contribution < 1.29 is 19.1 Å². The summed E-state index contributed by atoms with van der Waals surface area (Å²) in [5.74, 6) is 0.386. The van der Waals surface area contributed by atoms with E-state index in [1.807, 2.05) is 49.4 Å². The molecule has 4 heteroatoms. The van der Waals surface area contributed by atoms with Crippen LogP contribution in [-0.2, 0) is 4.74 Å². The zero-order valence-corrected chi connectivity index (χ0v) is 21.3. The molecule has 0 saturated carbocycles. The molecule has 0 amide bonds. The first-order chi connectivity index (χ1) is 16.6. The van der Waals surface area contributed by atoms with E-state index in [1.54, 1.807) is 6.07 Å². The van der Waals surface area contributed by atoms with Gasteiger partial charge in [0.05, 0.1) is 6.61 Å². The molecule has 0 aliphatic rings. The van der Waals surface area contributed by atoms with E-state index in [4.69, 9.17) is 9.47 Å². The Balaban J connectivity index is 2.05. The number of Topliss-reactive ketones (excluding diaryl/α,β-unsaturated/α-hetero) is 1. The van der Waals surface area contributed by atoms with Crippen LogP contribution in [0.3, 0.4) is 0 Å². The Morgan fingerprint density at radius 2 is 1.44 bits per heavy atom. The average molecular weight is 467 g/mol. The molecule has 1 unspecified atom stereocenters. The maximum atomic E-state index is 13.0. The number of carbonyl (C=O) groups excluding carboxylic acids is 2. The number of hydrogen-bond donors (Lipinski definition) is 0. The quantitative estimate of drug-likeness (QED) is 0.107. The van der Waals surface area contributed by atoms with Crippen LogP contribution in [0.1, 0.15) is 102 Å². The van der Waals surface area contributed by atoms with Crippen molar-refractivity contribution in [1.29, 1.82) is 0 Å². The van der Waals surface area contributed by atoms with E-state index < -0.39 is 6.16 Å². The Hall–Kier alpha value is -2.62. The van der Waals surface area contributed by atoms with Gasteiger partial charge in [-0.1, -0.05) is 115 Å². The number of benzene rings is 2. The van der Waals surface area contributed by atoms with E-state index in [1.165, 1.54) is 32.1 Å². The van der Waals surface area contributed by atoms with Crippen LogP contribution in [0.15, 0.2) is 48.5 Å². The molecule has 0 aliphatic carbocycles. The van der Waals surface area contributed by atoms with Gasteiger partial charge in [-0.15, -0.1) is 0 Å². The molecule has 0 N–H and O–H groups in total. The van der Waals surface area contributed by atoms with Crippen LogP contribution in [0.25, 0.3) is 11.1 Å². The van der Waals surface area contributed by atoms with E-state index >= 15 is 0 Å². The van der Waals surface area contributed by atoms with Crippen molar-refractivity contribution in [2.24, 2.45) is 5.92 Å². The number of ketones is 1. The lowest BCUT2D eigenvalue weighted by atomic mass is 9.92. The minimum atomic E-state index is -0.719. The highest BCUT2D eigenvalue weighted by Gasteiger charge is 2.19. The van der Waals surface area contributed by atoms with Gasteiger partial charge >= 0.3 is 6.16 Å².